The molecular weight excluding hydrogens is 280 g/mol. The smallest absolute Gasteiger partial charge is 0.237 e. The maximum absolute atomic E-state index is 12.6. The third-order valence-corrected chi connectivity index (χ3v) is 4.47. The van der Waals surface area contributed by atoms with E-state index in [1.807, 2.05) is 59.5 Å². The number of para-hydroxylation sites is 2. The molecular formula is C17H18N2OS. The number of hydrogen-bond donors (Lipinski definition) is 1. The monoisotopic (exact) mass is 298 g/mol. The van der Waals surface area contributed by atoms with Gasteiger partial charge in [0.2, 0.25) is 5.91 Å². The Balaban J connectivity index is 1.72. The molecule has 1 aliphatic heterocycles. The number of benzene rings is 2. The van der Waals surface area contributed by atoms with Crippen molar-refractivity contribution in [2.45, 2.75) is 11.3 Å². The van der Waals surface area contributed by atoms with Crippen molar-refractivity contribution in [3.05, 3.63) is 54.6 Å². The van der Waals surface area contributed by atoms with Crippen molar-refractivity contribution in [1.82, 2.24) is 0 Å². The predicted molar refractivity (Wildman–Crippen MR) is 89.1 cm³/mol. The fraction of sp³-hybridized carbons (Fsp3) is 0.235. The van der Waals surface area contributed by atoms with Gasteiger partial charge in [0.15, 0.2) is 0 Å². The van der Waals surface area contributed by atoms with Gasteiger partial charge >= 0.3 is 0 Å². The van der Waals surface area contributed by atoms with Gasteiger partial charge in [-0.3, -0.25) is 4.79 Å². The Morgan fingerprint density at radius 3 is 2.71 bits per heavy atom. The van der Waals surface area contributed by atoms with E-state index in [-0.39, 0.29) is 5.91 Å². The van der Waals surface area contributed by atoms with Crippen LogP contribution < -0.4 is 10.2 Å². The number of carbonyl (C=O) groups is 1. The Morgan fingerprint density at radius 2 is 1.86 bits per heavy atom. The molecule has 0 bridgehead atoms. The number of anilines is 2. The standard InChI is InChI=1S/C17H18N2OS/c20-17(13-21-14-7-2-1-3-8-14)19-12-6-11-18-15-9-4-5-10-16(15)19/h1-5,7-10,18H,6,11-13H2. The van der Waals surface area contributed by atoms with Crippen LogP contribution in [-0.4, -0.2) is 24.7 Å². The van der Waals surface area contributed by atoms with Crippen molar-refractivity contribution in [3.63, 3.8) is 0 Å². The first-order chi connectivity index (χ1) is 10.3. The van der Waals surface area contributed by atoms with Crippen LogP contribution in [0.5, 0.6) is 0 Å². The van der Waals surface area contributed by atoms with E-state index in [4.69, 9.17) is 0 Å². The molecule has 0 spiro atoms. The maximum atomic E-state index is 12.6. The first-order valence-corrected chi connectivity index (χ1v) is 8.14. The predicted octanol–water partition coefficient (Wildman–Crippen LogP) is 3.63. The van der Waals surface area contributed by atoms with E-state index in [2.05, 4.69) is 5.32 Å². The van der Waals surface area contributed by atoms with Crippen LogP contribution in [0.2, 0.25) is 0 Å². The van der Waals surface area contributed by atoms with Crippen LogP contribution in [-0.2, 0) is 4.79 Å². The zero-order chi connectivity index (χ0) is 14.5. The molecule has 2 aromatic rings. The molecule has 0 unspecified atom stereocenters. The molecule has 21 heavy (non-hydrogen) atoms. The Morgan fingerprint density at radius 1 is 1.10 bits per heavy atom. The highest BCUT2D eigenvalue weighted by Gasteiger charge is 2.20. The summed E-state index contributed by atoms with van der Waals surface area (Å²) in [5.41, 5.74) is 2.04. The summed E-state index contributed by atoms with van der Waals surface area (Å²) in [6.45, 7) is 1.69. The van der Waals surface area contributed by atoms with Crippen molar-refractivity contribution in [3.8, 4) is 0 Å². The molecule has 108 valence electrons. The van der Waals surface area contributed by atoms with E-state index in [0.717, 1.165) is 35.8 Å². The van der Waals surface area contributed by atoms with Crippen LogP contribution in [0.25, 0.3) is 0 Å². The second-order valence-electron chi connectivity index (χ2n) is 4.94. The van der Waals surface area contributed by atoms with Crippen LogP contribution in [0.15, 0.2) is 59.5 Å². The Hall–Kier alpha value is -1.94. The van der Waals surface area contributed by atoms with Gasteiger partial charge in [-0.05, 0) is 30.7 Å². The van der Waals surface area contributed by atoms with E-state index in [0.29, 0.717) is 5.75 Å². The molecule has 3 rings (SSSR count). The molecule has 0 saturated carbocycles. The van der Waals surface area contributed by atoms with Crippen LogP contribution in [0, 0.1) is 0 Å². The van der Waals surface area contributed by atoms with Gasteiger partial charge in [-0.25, -0.2) is 0 Å². The highest BCUT2D eigenvalue weighted by molar-refractivity contribution is 8.00. The number of hydrogen-bond acceptors (Lipinski definition) is 3. The molecule has 0 aromatic heterocycles. The van der Waals surface area contributed by atoms with E-state index in [1.54, 1.807) is 11.8 Å². The second-order valence-corrected chi connectivity index (χ2v) is 5.99. The molecule has 0 radical (unpaired) electrons. The lowest BCUT2D eigenvalue weighted by atomic mass is 10.2. The summed E-state index contributed by atoms with van der Waals surface area (Å²) in [5, 5.41) is 3.38. The Kier molecular flexibility index (Phi) is 4.46. The molecule has 0 aliphatic carbocycles. The minimum Gasteiger partial charge on any atom is -0.383 e. The summed E-state index contributed by atoms with van der Waals surface area (Å²) < 4.78 is 0. The summed E-state index contributed by atoms with van der Waals surface area (Å²) >= 11 is 1.59. The molecule has 0 saturated heterocycles. The third kappa shape index (κ3) is 3.39. The van der Waals surface area contributed by atoms with Crippen molar-refractivity contribution >= 4 is 29.0 Å². The van der Waals surface area contributed by atoms with Gasteiger partial charge in [-0.15, -0.1) is 11.8 Å². The summed E-state index contributed by atoms with van der Waals surface area (Å²) in [7, 11) is 0. The van der Waals surface area contributed by atoms with Crippen molar-refractivity contribution in [1.29, 1.82) is 0 Å². The van der Waals surface area contributed by atoms with Gasteiger partial charge in [0.25, 0.3) is 0 Å². The fourth-order valence-electron chi connectivity index (χ4n) is 2.44. The normalized spacial score (nSPS) is 14.0. The number of nitrogens with zero attached hydrogens (tertiary/aromatic N) is 1. The molecule has 4 heteroatoms. The van der Waals surface area contributed by atoms with E-state index < -0.39 is 0 Å². The number of nitrogens with one attached hydrogen (secondary N) is 1. The lowest BCUT2D eigenvalue weighted by Crippen LogP contribution is -2.32. The minimum atomic E-state index is 0.167. The highest BCUT2D eigenvalue weighted by Crippen LogP contribution is 2.29. The van der Waals surface area contributed by atoms with Crippen molar-refractivity contribution in [2.24, 2.45) is 0 Å². The molecule has 1 amide bonds. The Bertz CT molecular complexity index is 615. The van der Waals surface area contributed by atoms with Gasteiger partial charge in [0, 0.05) is 18.0 Å². The summed E-state index contributed by atoms with van der Waals surface area (Å²) in [5.74, 6) is 0.637. The van der Waals surface area contributed by atoms with Crippen molar-refractivity contribution < 1.29 is 4.79 Å². The largest absolute Gasteiger partial charge is 0.383 e. The first kappa shape index (κ1) is 14.0. The summed E-state index contributed by atoms with van der Waals surface area (Å²) in [6, 6.07) is 18.1. The molecule has 3 nitrogen and oxygen atoms in total. The van der Waals surface area contributed by atoms with Gasteiger partial charge in [0.05, 0.1) is 17.1 Å². The number of thioether (sulfide) groups is 1. The van der Waals surface area contributed by atoms with Gasteiger partial charge in [0.1, 0.15) is 0 Å². The lowest BCUT2D eigenvalue weighted by molar-refractivity contribution is -0.116. The fourth-order valence-corrected chi connectivity index (χ4v) is 3.23. The first-order valence-electron chi connectivity index (χ1n) is 7.16. The summed E-state index contributed by atoms with van der Waals surface area (Å²) in [6.07, 6.45) is 0.969. The van der Waals surface area contributed by atoms with E-state index >= 15 is 0 Å². The number of fused-ring (bicyclic) bond motifs is 1. The molecule has 2 aromatic carbocycles. The van der Waals surface area contributed by atoms with Crippen molar-refractivity contribution in [2.75, 3.05) is 29.1 Å². The van der Waals surface area contributed by atoms with Gasteiger partial charge in [-0.1, -0.05) is 30.3 Å². The number of amides is 1. The zero-order valence-electron chi connectivity index (χ0n) is 11.8. The third-order valence-electron chi connectivity index (χ3n) is 3.48. The van der Waals surface area contributed by atoms with E-state index in [9.17, 15) is 4.79 Å². The molecule has 1 heterocycles. The van der Waals surface area contributed by atoms with E-state index in [1.165, 1.54) is 0 Å². The number of rotatable bonds is 3. The Labute approximate surface area is 129 Å². The van der Waals surface area contributed by atoms with Crippen LogP contribution in [0.1, 0.15) is 6.42 Å². The molecule has 1 N–H and O–H groups in total. The van der Waals surface area contributed by atoms with Crippen LogP contribution in [0.4, 0.5) is 11.4 Å². The zero-order valence-corrected chi connectivity index (χ0v) is 12.6. The SMILES string of the molecule is O=C(CSc1ccccc1)N1CCCNc2ccccc21. The topological polar surface area (TPSA) is 32.3 Å². The highest BCUT2D eigenvalue weighted by atomic mass is 32.2. The minimum absolute atomic E-state index is 0.167. The maximum Gasteiger partial charge on any atom is 0.237 e. The van der Waals surface area contributed by atoms with Gasteiger partial charge in [-0.2, -0.15) is 0 Å². The average molecular weight is 298 g/mol. The summed E-state index contributed by atoms with van der Waals surface area (Å²) in [4.78, 5) is 15.6. The van der Waals surface area contributed by atoms with Gasteiger partial charge < -0.3 is 10.2 Å². The lowest BCUT2D eigenvalue weighted by Gasteiger charge is -2.22. The second kappa shape index (κ2) is 6.68. The molecule has 0 atom stereocenters. The van der Waals surface area contributed by atoms with Crippen LogP contribution in [0.3, 0.4) is 0 Å². The molecule has 1 aliphatic rings. The number of carbonyl (C=O) groups excluding carboxylic acids is 1. The molecule has 0 fully saturated rings. The van der Waals surface area contributed by atoms with Crippen LogP contribution >= 0.6 is 11.8 Å². The quantitative estimate of drug-likeness (QED) is 0.878. The average Bonchev–Trinajstić information content (AvgIpc) is 2.76.